The number of carbonyl (C=O) groups excluding carboxylic acids is 1. The van der Waals surface area contributed by atoms with Crippen molar-refractivity contribution >= 4 is 11.9 Å². The van der Waals surface area contributed by atoms with Crippen LogP contribution in [-0.2, 0) is 0 Å². The Morgan fingerprint density at radius 1 is 0.862 bits per heavy atom. The van der Waals surface area contributed by atoms with Gasteiger partial charge in [-0.15, -0.1) is 0 Å². The van der Waals surface area contributed by atoms with Crippen LogP contribution in [0.4, 0.5) is 0 Å². The lowest BCUT2D eigenvalue weighted by atomic mass is 10.1. The molecule has 0 saturated heterocycles. The number of phenolic OH excluding ortho intramolecular Hbond substituents is 1. The highest BCUT2D eigenvalue weighted by Crippen LogP contribution is 2.25. The summed E-state index contributed by atoms with van der Waals surface area (Å²) >= 11 is 0. The minimum Gasteiger partial charge on any atom is -0.507 e. The Bertz CT molecular complexity index is 910. The Labute approximate surface area is 172 Å². The molecule has 0 spiro atoms. The number of carbonyl (C=O) groups is 1. The van der Waals surface area contributed by atoms with Gasteiger partial charge >= 0.3 is 0 Å². The van der Waals surface area contributed by atoms with E-state index < -0.39 is 0 Å². The third-order valence-corrected chi connectivity index (χ3v) is 4.03. The van der Waals surface area contributed by atoms with E-state index in [1.54, 1.807) is 18.2 Å². The molecule has 0 radical (unpaired) electrons. The van der Waals surface area contributed by atoms with Crippen LogP contribution in [0.1, 0.15) is 43.6 Å². The van der Waals surface area contributed by atoms with E-state index in [0.717, 1.165) is 16.9 Å². The molecule has 0 saturated carbocycles. The smallest absolute Gasteiger partial charge is 0.189 e. The second-order valence-electron chi connectivity index (χ2n) is 7.13. The third kappa shape index (κ3) is 7.70. The lowest BCUT2D eigenvalue weighted by Gasteiger charge is -2.06. The van der Waals surface area contributed by atoms with Crippen molar-refractivity contribution in [2.45, 2.75) is 27.7 Å². The summed E-state index contributed by atoms with van der Waals surface area (Å²) in [6, 6.07) is 12.2. The molecule has 2 aromatic rings. The summed E-state index contributed by atoms with van der Waals surface area (Å²) in [5.41, 5.74) is 3.46. The molecule has 1 N–H and O–H groups in total. The van der Waals surface area contributed by atoms with Gasteiger partial charge in [0.15, 0.2) is 5.78 Å². The second kappa shape index (κ2) is 10.9. The molecular weight excluding hydrogens is 364 g/mol. The summed E-state index contributed by atoms with van der Waals surface area (Å²) in [4.78, 5) is 12.4. The lowest BCUT2D eigenvalue weighted by Crippen LogP contribution is -1.98. The first-order chi connectivity index (χ1) is 13.8. The Kier molecular flexibility index (Phi) is 8.28. The van der Waals surface area contributed by atoms with Crippen LogP contribution in [0, 0.1) is 0 Å². The number of benzene rings is 2. The molecule has 0 bridgehead atoms. The summed E-state index contributed by atoms with van der Waals surface area (Å²) in [5, 5.41) is 10.2. The fourth-order valence-corrected chi connectivity index (χ4v) is 2.36. The third-order valence-electron chi connectivity index (χ3n) is 4.03. The summed E-state index contributed by atoms with van der Waals surface area (Å²) in [5.74, 6) is 0.913. The van der Waals surface area contributed by atoms with Crippen LogP contribution in [0.3, 0.4) is 0 Å². The first-order valence-electron chi connectivity index (χ1n) is 9.53. The van der Waals surface area contributed by atoms with Crippen LogP contribution in [0.2, 0.25) is 0 Å². The molecule has 29 heavy (non-hydrogen) atoms. The molecule has 2 rings (SSSR count). The van der Waals surface area contributed by atoms with E-state index in [2.05, 4.69) is 0 Å². The van der Waals surface area contributed by atoms with E-state index in [4.69, 9.17) is 9.47 Å². The van der Waals surface area contributed by atoms with E-state index >= 15 is 0 Å². The second-order valence-corrected chi connectivity index (χ2v) is 7.13. The van der Waals surface area contributed by atoms with Crippen molar-refractivity contribution in [3.8, 4) is 17.2 Å². The topological polar surface area (TPSA) is 55.8 Å². The standard InChI is InChI=1S/C25H28O4/c1-18(2)13-15-28-21-8-5-20(6-9-21)7-12-24(26)23-11-10-22(17-25(23)27)29-16-14-19(3)4/h5-14,17,27H,15-16H2,1-4H3. The van der Waals surface area contributed by atoms with E-state index in [1.807, 2.05) is 64.1 Å². The fraction of sp³-hybridized carbons (Fsp3) is 0.240. The van der Waals surface area contributed by atoms with Gasteiger partial charge in [0.2, 0.25) is 0 Å². The van der Waals surface area contributed by atoms with Crippen molar-refractivity contribution in [1.82, 2.24) is 0 Å². The normalized spacial score (nSPS) is 10.5. The first kappa shape index (κ1) is 22.0. The van der Waals surface area contributed by atoms with Gasteiger partial charge in [-0.05, 0) is 75.8 Å². The van der Waals surface area contributed by atoms with Gasteiger partial charge in [-0.25, -0.2) is 0 Å². The van der Waals surface area contributed by atoms with Gasteiger partial charge < -0.3 is 14.6 Å². The number of ether oxygens (including phenoxy) is 2. The molecule has 4 nitrogen and oxygen atoms in total. The van der Waals surface area contributed by atoms with Crippen LogP contribution in [-0.4, -0.2) is 24.1 Å². The Morgan fingerprint density at radius 2 is 1.41 bits per heavy atom. The molecule has 0 aliphatic heterocycles. The number of ketones is 1. The minimum absolute atomic E-state index is 0.0997. The highest BCUT2D eigenvalue weighted by molar-refractivity contribution is 6.08. The van der Waals surface area contributed by atoms with Crippen molar-refractivity contribution in [1.29, 1.82) is 0 Å². The zero-order valence-electron chi connectivity index (χ0n) is 17.4. The molecule has 0 aliphatic carbocycles. The number of hydrogen-bond donors (Lipinski definition) is 1. The number of phenols is 1. The molecule has 0 aromatic heterocycles. The number of allylic oxidation sites excluding steroid dienone is 3. The summed E-state index contributed by atoms with van der Waals surface area (Å²) < 4.78 is 11.2. The van der Waals surface area contributed by atoms with E-state index in [0.29, 0.717) is 19.0 Å². The highest BCUT2D eigenvalue weighted by atomic mass is 16.5. The SMILES string of the molecule is CC(C)=CCOc1ccc(C=CC(=O)c2ccc(OCC=C(C)C)cc2O)cc1. The zero-order chi connectivity index (χ0) is 21.2. The maximum atomic E-state index is 12.4. The quantitative estimate of drug-likeness (QED) is 0.324. The maximum Gasteiger partial charge on any atom is 0.189 e. The molecule has 0 fully saturated rings. The summed E-state index contributed by atoms with van der Waals surface area (Å²) in [6.45, 7) is 8.97. The minimum atomic E-state index is -0.276. The van der Waals surface area contributed by atoms with E-state index in [9.17, 15) is 9.90 Å². The number of rotatable bonds is 9. The van der Waals surface area contributed by atoms with Gasteiger partial charge in [0.05, 0.1) is 5.56 Å². The molecule has 2 aromatic carbocycles. The van der Waals surface area contributed by atoms with Gasteiger partial charge in [0.1, 0.15) is 30.5 Å². The van der Waals surface area contributed by atoms with Gasteiger partial charge in [-0.2, -0.15) is 0 Å². The molecule has 0 amide bonds. The van der Waals surface area contributed by atoms with Gasteiger partial charge in [-0.1, -0.05) is 29.4 Å². The van der Waals surface area contributed by atoms with Crippen molar-refractivity contribution in [2.75, 3.05) is 13.2 Å². The van der Waals surface area contributed by atoms with Crippen molar-refractivity contribution in [3.05, 3.63) is 83.0 Å². The van der Waals surface area contributed by atoms with Crippen LogP contribution in [0.25, 0.3) is 6.08 Å². The molecule has 0 atom stereocenters. The molecule has 4 heteroatoms. The van der Waals surface area contributed by atoms with Gasteiger partial charge in [0.25, 0.3) is 0 Å². The Morgan fingerprint density at radius 3 is 1.97 bits per heavy atom. The predicted octanol–water partition coefficient (Wildman–Crippen LogP) is 5.98. The molecule has 0 unspecified atom stereocenters. The van der Waals surface area contributed by atoms with Crippen LogP contribution in [0.5, 0.6) is 17.2 Å². The highest BCUT2D eigenvalue weighted by Gasteiger charge is 2.09. The summed E-state index contributed by atoms with van der Waals surface area (Å²) in [6.07, 6.45) is 7.10. The maximum absolute atomic E-state index is 12.4. The molecule has 0 heterocycles. The summed E-state index contributed by atoms with van der Waals surface area (Å²) in [7, 11) is 0. The Balaban J connectivity index is 1.97. The average Bonchev–Trinajstić information content (AvgIpc) is 2.66. The van der Waals surface area contributed by atoms with Crippen LogP contribution >= 0.6 is 0 Å². The number of hydrogen-bond acceptors (Lipinski definition) is 4. The molecular formula is C25H28O4. The molecule has 152 valence electrons. The zero-order valence-corrected chi connectivity index (χ0v) is 17.4. The van der Waals surface area contributed by atoms with Gasteiger partial charge in [0, 0.05) is 6.07 Å². The van der Waals surface area contributed by atoms with Crippen molar-refractivity contribution < 1.29 is 19.4 Å². The van der Waals surface area contributed by atoms with Crippen LogP contribution < -0.4 is 9.47 Å². The monoisotopic (exact) mass is 392 g/mol. The van der Waals surface area contributed by atoms with E-state index in [1.165, 1.54) is 17.7 Å². The largest absolute Gasteiger partial charge is 0.507 e. The average molecular weight is 392 g/mol. The molecule has 0 aliphatic rings. The predicted molar refractivity (Wildman–Crippen MR) is 118 cm³/mol. The van der Waals surface area contributed by atoms with E-state index in [-0.39, 0.29) is 17.1 Å². The van der Waals surface area contributed by atoms with Crippen molar-refractivity contribution in [3.63, 3.8) is 0 Å². The first-order valence-corrected chi connectivity index (χ1v) is 9.53. The fourth-order valence-electron chi connectivity index (χ4n) is 2.36. The van der Waals surface area contributed by atoms with Gasteiger partial charge in [-0.3, -0.25) is 4.79 Å². The lowest BCUT2D eigenvalue weighted by molar-refractivity contribution is 0.104. The Hall–Kier alpha value is -3.27. The number of aromatic hydroxyl groups is 1. The van der Waals surface area contributed by atoms with Crippen molar-refractivity contribution in [2.24, 2.45) is 0 Å². The van der Waals surface area contributed by atoms with Crippen LogP contribution in [0.15, 0.2) is 71.8 Å².